The minimum atomic E-state index is -0.957. The van der Waals surface area contributed by atoms with Gasteiger partial charge in [-0.25, -0.2) is 4.39 Å². The minimum absolute atomic E-state index is 0.271. The molecule has 1 atom stereocenters. The topological polar surface area (TPSA) is 52.0 Å². The summed E-state index contributed by atoms with van der Waals surface area (Å²) in [5.41, 5.74) is 7.57. The van der Waals surface area contributed by atoms with Gasteiger partial charge in [0.15, 0.2) is 0 Å². The molecule has 0 spiro atoms. The van der Waals surface area contributed by atoms with Gasteiger partial charge in [-0.2, -0.15) is 0 Å². The largest absolute Gasteiger partial charge is 0.368 e. The number of halogens is 1. The first-order valence-electron chi connectivity index (χ1n) is 4.63. The van der Waals surface area contributed by atoms with E-state index in [4.69, 9.17) is 10.3 Å². The van der Waals surface area contributed by atoms with Crippen LogP contribution in [0.15, 0.2) is 34.9 Å². The molecule has 0 aliphatic carbocycles. The lowest BCUT2D eigenvalue weighted by molar-refractivity contribution is 0.374. The second-order valence-electron chi connectivity index (χ2n) is 3.35. The van der Waals surface area contributed by atoms with Crippen molar-refractivity contribution in [3.8, 4) is 11.3 Å². The van der Waals surface area contributed by atoms with Crippen LogP contribution in [0, 0.1) is 0 Å². The highest BCUT2D eigenvalue weighted by Crippen LogP contribution is 2.23. The molecule has 0 radical (unpaired) electrons. The molecule has 78 valence electrons. The van der Waals surface area contributed by atoms with E-state index in [0.29, 0.717) is 11.3 Å². The van der Waals surface area contributed by atoms with Gasteiger partial charge in [0, 0.05) is 11.6 Å². The van der Waals surface area contributed by atoms with Crippen molar-refractivity contribution in [3.05, 3.63) is 35.9 Å². The van der Waals surface area contributed by atoms with E-state index in [1.165, 1.54) is 6.92 Å². The van der Waals surface area contributed by atoms with Crippen molar-refractivity contribution in [2.45, 2.75) is 13.1 Å². The van der Waals surface area contributed by atoms with E-state index in [1.807, 2.05) is 0 Å². The molecular weight excluding hydrogens is 195 g/mol. The minimum Gasteiger partial charge on any atom is -0.368 e. The van der Waals surface area contributed by atoms with Gasteiger partial charge in [0.25, 0.3) is 0 Å². The lowest BCUT2D eigenvalue weighted by atomic mass is 10.1. The number of hydrogen-bond donors (Lipinski definition) is 1. The summed E-state index contributed by atoms with van der Waals surface area (Å²) in [4.78, 5) is 0. The molecule has 4 heteroatoms. The Bertz CT molecular complexity index is 448. The predicted octanol–water partition coefficient (Wildman–Crippen LogP) is 2.95. The molecule has 1 heterocycles. The second-order valence-corrected chi connectivity index (χ2v) is 3.35. The van der Waals surface area contributed by atoms with E-state index >= 15 is 0 Å². The number of alkyl halides is 1. The summed E-state index contributed by atoms with van der Waals surface area (Å²) in [6, 6.07) is 8.68. The molecule has 15 heavy (non-hydrogen) atoms. The first-order chi connectivity index (χ1) is 7.16. The molecule has 2 rings (SSSR count). The SMILES string of the molecule is CC(F)c1ccc(-c2cc(N)on2)cc1. The average Bonchev–Trinajstić information content (AvgIpc) is 2.65. The third-order valence-electron chi connectivity index (χ3n) is 2.19. The van der Waals surface area contributed by atoms with Gasteiger partial charge in [-0.05, 0) is 12.5 Å². The number of aromatic nitrogens is 1. The molecular formula is C11H11FN2O. The molecule has 3 nitrogen and oxygen atoms in total. The Morgan fingerprint density at radius 2 is 2.00 bits per heavy atom. The fourth-order valence-electron chi connectivity index (χ4n) is 1.34. The van der Waals surface area contributed by atoms with Crippen molar-refractivity contribution in [1.29, 1.82) is 0 Å². The molecule has 1 aromatic heterocycles. The maximum absolute atomic E-state index is 12.9. The van der Waals surface area contributed by atoms with Crippen LogP contribution < -0.4 is 5.73 Å². The van der Waals surface area contributed by atoms with Crippen LogP contribution in [-0.2, 0) is 0 Å². The van der Waals surface area contributed by atoms with Crippen molar-refractivity contribution in [1.82, 2.24) is 5.16 Å². The van der Waals surface area contributed by atoms with Gasteiger partial charge in [0.2, 0.25) is 5.88 Å². The third-order valence-corrected chi connectivity index (χ3v) is 2.19. The van der Waals surface area contributed by atoms with Crippen LogP contribution in [0.5, 0.6) is 0 Å². The first kappa shape index (κ1) is 9.71. The van der Waals surface area contributed by atoms with Crippen molar-refractivity contribution in [2.24, 2.45) is 0 Å². The molecule has 0 aliphatic heterocycles. The molecule has 0 amide bonds. The Hall–Kier alpha value is -1.84. The summed E-state index contributed by atoms with van der Waals surface area (Å²) in [6.45, 7) is 1.50. The zero-order valence-corrected chi connectivity index (χ0v) is 8.27. The molecule has 0 saturated carbocycles. The quantitative estimate of drug-likeness (QED) is 0.821. The monoisotopic (exact) mass is 206 g/mol. The third kappa shape index (κ3) is 1.98. The summed E-state index contributed by atoms with van der Waals surface area (Å²) in [5.74, 6) is 0.271. The van der Waals surface area contributed by atoms with Gasteiger partial charge in [0.05, 0.1) is 0 Å². The van der Waals surface area contributed by atoms with Crippen molar-refractivity contribution >= 4 is 5.88 Å². The molecule has 0 fully saturated rings. The summed E-state index contributed by atoms with van der Waals surface area (Å²) in [6.07, 6.45) is -0.957. The molecule has 1 aromatic carbocycles. The molecule has 1 unspecified atom stereocenters. The molecule has 2 aromatic rings. The highest BCUT2D eigenvalue weighted by atomic mass is 19.1. The molecule has 0 bridgehead atoms. The van der Waals surface area contributed by atoms with Crippen molar-refractivity contribution < 1.29 is 8.91 Å². The summed E-state index contributed by atoms with van der Waals surface area (Å²) in [5, 5.41) is 3.77. The van der Waals surface area contributed by atoms with Gasteiger partial charge in [-0.1, -0.05) is 29.4 Å². The molecule has 0 saturated heterocycles. The Morgan fingerprint density at radius 3 is 2.47 bits per heavy atom. The number of nitrogens with two attached hydrogens (primary N) is 1. The Morgan fingerprint density at radius 1 is 1.33 bits per heavy atom. The van der Waals surface area contributed by atoms with Gasteiger partial charge in [0.1, 0.15) is 11.9 Å². The van der Waals surface area contributed by atoms with Crippen LogP contribution in [0.2, 0.25) is 0 Å². The Balaban J connectivity index is 2.31. The van der Waals surface area contributed by atoms with Gasteiger partial charge in [-0.3, -0.25) is 0 Å². The number of nitrogen functional groups attached to an aromatic ring is 1. The van der Waals surface area contributed by atoms with Crippen LogP contribution in [0.4, 0.5) is 10.3 Å². The summed E-state index contributed by atoms with van der Waals surface area (Å²) in [7, 11) is 0. The lowest BCUT2D eigenvalue weighted by Crippen LogP contribution is -1.85. The van der Waals surface area contributed by atoms with Gasteiger partial charge in [-0.15, -0.1) is 0 Å². The average molecular weight is 206 g/mol. The van der Waals surface area contributed by atoms with Gasteiger partial charge >= 0.3 is 0 Å². The first-order valence-corrected chi connectivity index (χ1v) is 4.63. The zero-order chi connectivity index (χ0) is 10.8. The highest BCUT2D eigenvalue weighted by Gasteiger charge is 2.06. The zero-order valence-electron chi connectivity index (χ0n) is 8.27. The van der Waals surface area contributed by atoms with E-state index in [1.54, 1.807) is 30.3 Å². The van der Waals surface area contributed by atoms with Crippen LogP contribution >= 0.6 is 0 Å². The maximum Gasteiger partial charge on any atom is 0.222 e. The fraction of sp³-hybridized carbons (Fsp3) is 0.182. The summed E-state index contributed by atoms with van der Waals surface area (Å²) < 4.78 is 17.7. The van der Waals surface area contributed by atoms with E-state index in [9.17, 15) is 4.39 Å². The van der Waals surface area contributed by atoms with Crippen LogP contribution in [-0.4, -0.2) is 5.16 Å². The number of hydrogen-bond acceptors (Lipinski definition) is 3. The maximum atomic E-state index is 12.9. The normalized spacial score (nSPS) is 12.7. The van der Waals surface area contributed by atoms with Crippen molar-refractivity contribution in [3.63, 3.8) is 0 Å². The number of anilines is 1. The fourth-order valence-corrected chi connectivity index (χ4v) is 1.34. The smallest absolute Gasteiger partial charge is 0.222 e. The van der Waals surface area contributed by atoms with E-state index in [-0.39, 0.29) is 5.88 Å². The highest BCUT2D eigenvalue weighted by molar-refractivity contribution is 5.61. The molecule has 2 N–H and O–H groups in total. The number of rotatable bonds is 2. The Labute approximate surface area is 86.7 Å². The van der Waals surface area contributed by atoms with E-state index in [2.05, 4.69) is 5.16 Å². The number of nitrogens with zero attached hydrogens (tertiary/aromatic N) is 1. The predicted molar refractivity (Wildman–Crippen MR) is 55.9 cm³/mol. The van der Waals surface area contributed by atoms with Crippen LogP contribution in [0.3, 0.4) is 0 Å². The van der Waals surface area contributed by atoms with Crippen LogP contribution in [0.25, 0.3) is 11.3 Å². The molecule has 0 aliphatic rings. The lowest BCUT2D eigenvalue weighted by Gasteiger charge is -2.02. The van der Waals surface area contributed by atoms with Crippen LogP contribution in [0.1, 0.15) is 18.7 Å². The standard InChI is InChI=1S/C11H11FN2O/c1-7(12)8-2-4-9(5-3-8)10-6-11(13)15-14-10/h2-7H,13H2,1H3. The Kier molecular flexibility index (Phi) is 2.41. The second kappa shape index (κ2) is 3.73. The van der Waals surface area contributed by atoms with E-state index in [0.717, 1.165) is 5.56 Å². The van der Waals surface area contributed by atoms with Crippen molar-refractivity contribution in [2.75, 3.05) is 5.73 Å². The van der Waals surface area contributed by atoms with E-state index < -0.39 is 6.17 Å². The number of benzene rings is 1. The van der Waals surface area contributed by atoms with Gasteiger partial charge < -0.3 is 10.3 Å². The summed E-state index contributed by atoms with van der Waals surface area (Å²) >= 11 is 0.